The molecule has 0 saturated carbocycles. The third kappa shape index (κ3) is 5.91. The molecule has 0 radical (unpaired) electrons. The minimum atomic E-state index is -3.52. The maximum absolute atomic E-state index is 13.1. The molecule has 0 fully saturated rings. The minimum absolute atomic E-state index is 0.190. The number of ether oxygens (including phenoxy) is 1. The lowest BCUT2D eigenvalue weighted by molar-refractivity contribution is 0.0280. The Morgan fingerprint density at radius 3 is 1.89 bits per heavy atom. The molecule has 176 valence electrons. The fourth-order valence-electron chi connectivity index (χ4n) is 3.62. The third-order valence-corrected chi connectivity index (χ3v) is 7.25. The van der Waals surface area contributed by atoms with Crippen molar-refractivity contribution in [3.8, 4) is 0 Å². The van der Waals surface area contributed by atoms with Crippen molar-refractivity contribution in [1.82, 2.24) is 0 Å². The van der Waals surface area contributed by atoms with Crippen LogP contribution in [0.5, 0.6) is 0 Å². The molecule has 0 amide bonds. The van der Waals surface area contributed by atoms with Crippen LogP contribution in [0.15, 0.2) is 114 Å². The Morgan fingerprint density at radius 1 is 0.714 bits per heavy atom. The second kappa shape index (κ2) is 10.5. The summed E-state index contributed by atoms with van der Waals surface area (Å²) in [6.45, 7) is 1.89. The number of sulfone groups is 1. The van der Waals surface area contributed by atoms with Crippen molar-refractivity contribution in [3.05, 3.63) is 137 Å². The van der Waals surface area contributed by atoms with Crippen LogP contribution < -0.4 is 0 Å². The number of carbonyl (C=O) groups excluding carboxylic acids is 2. The summed E-state index contributed by atoms with van der Waals surface area (Å²) in [5, 5.41) is 0. The lowest BCUT2D eigenvalue weighted by Crippen LogP contribution is -2.20. The number of carbonyl (C=O) groups is 2. The highest BCUT2D eigenvalue weighted by atomic mass is 32.2. The molecular formula is C29H24O5S. The van der Waals surface area contributed by atoms with Crippen molar-refractivity contribution < 1.29 is 22.7 Å². The van der Waals surface area contributed by atoms with Crippen molar-refractivity contribution in [3.63, 3.8) is 0 Å². The molecule has 4 aromatic carbocycles. The summed E-state index contributed by atoms with van der Waals surface area (Å²) < 4.78 is 31.1. The van der Waals surface area contributed by atoms with Gasteiger partial charge in [0.1, 0.15) is 0 Å². The Hall–Kier alpha value is -4.03. The zero-order valence-corrected chi connectivity index (χ0v) is 19.9. The smallest absolute Gasteiger partial charge is 0.339 e. The van der Waals surface area contributed by atoms with Crippen molar-refractivity contribution >= 4 is 21.6 Å². The quantitative estimate of drug-likeness (QED) is 0.235. The van der Waals surface area contributed by atoms with Gasteiger partial charge in [-0.05, 0) is 36.8 Å². The van der Waals surface area contributed by atoms with E-state index in [1.165, 1.54) is 12.1 Å². The van der Waals surface area contributed by atoms with Crippen LogP contribution in [0.2, 0.25) is 0 Å². The molecule has 4 aromatic rings. The summed E-state index contributed by atoms with van der Waals surface area (Å²) in [5.74, 6) is -1.19. The Morgan fingerprint density at radius 2 is 1.29 bits per heavy atom. The molecule has 0 aliphatic rings. The first-order valence-corrected chi connectivity index (χ1v) is 12.7. The molecule has 0 saturated heterocycles. The number of rotatable bonds is 8. The molecule has 0 spiro atoms. The number of hydrogen-bond acceptors (Lipinski definition) is 5. The molecular weight excluding hydrogens is 460 g/mol. The zero-order chi connectivity index (χ0) is 24.8. The van der Waals surface area contributed by atoms with Gasteiger partial charge in [0.05, 0.1) is 16.2 Å². The van der Waals surface area contributed by atoms with Crippen LogP contribution in [0.1, 0.15) is 43.5 Å². The number of Topliss-reactive ketones (excluding diaryl/α,β-unsaturated/α-hetero) is 1. The number of hydrogen-bond donors (Lipinski definition) is 0. The van der Waals surface area contributed by atoms with E-state index in [-0.39, 0.29) is 22.0 Å². The lowest BCUT2D eigenvalue weighted by Gasteiger charge is -2.17. The average molecular weight is 485 g/mol. The van der Waals surface area contributed by atoms with Gasteiger partial charge in [-0.15, -0.1) is 0 Å². The van der Waals surface area contributed by atoms with Crippen molar-refractivity contribution in [1.29, 1.82) is 0 Å². The van der Waals surface area contributed by atoms with E-state index in [0.717, 1.165) is 5.56 Å². The summed E-state index contributed by atoms with van der Waals surface area (Å²) in [5.41, 5.74) is 2.75. The normalized spacial score (nSPS) is 12.0. The molecule has 0 N–H and O–H groups in total. The monoisotopic (exact) mass is 484 g/mol. The van der Waals surface area contributed by atoms with Gasteiger partial charge in [0.15, 0.2) is 15.9 Å². The van der Waals surface area contributed by atoms with Gasteiger partial charge in [-0.3, -0.25) is 4.79 Å². The molecule has 0 heterocycles. The first-order chi connectivity index (χ1) is 16.8. The van der Waals surface area contributed by atoms with Gasteiger partial charge in [-0.25, -0.2) is 13.2 Å². The highest BCUT2D eigenvalue weighted by molar-refractivity contribution is 7.90. The SMILES string of the molecule is Cc1ccc(S(=O)(=O)Cc2ccc(C(=O)O[C@@H](C(=O)c3ccccc3)c3ccccc3)cc2)cc1. The van der Waals surface area contributed by atoms with Crippen LogP contribution in [-0.4, -0.2) is 20.2 Å². The molecule has 0 unspecified atom stereocenters. The molecule has 6 heteroatoms. The maximum atomic E-state index is 13.1. The van der Waals surface area contributed by atoms with Gasteiger partial charge >= 0.3 is 5.97 Å². The Labute approximate surface area is 204 Å². The number of ketones is 1. The topological polar surface area (TPSA) is 77.5 Å². The van der Waals surface area contributed by atoms with Crippen molar-refractivity contribution in [2.24, 2.45) is 0 Å². The Kier molecular flexibility index (Phi) is 7.22. The van der Waals surface area contributed by atoms with Crippen molar-refractivity contribution in [2.75, 3.05) is 0 Å². The van der Waals surface area contributed by atoms with Crippen LogP contribution >= 0.6 is 0 Å². The largest absolute Gasteiger partial charge is 0.445 e. The zero-order valence-electron chi connectivity index (χ0n) is 19.1. The van der Waals surface area contributed by atoms with Gasteiger partial charge in [0.25, 0.3) is 0 Å². The predicted octanol–water partition coefficient (Wildman–Crippen LogP) is 5.75. The van der Waals surface area contributed by atoms with Gasteiger partial charge in [0, 0.05) is 11.1 Å². The Balaban J connectivity index is 1.52. The van der Waals surface area contributed by atoms with Gasteiger partial charge < -0.3 is 4.74 Å². The molecule has 0 aromatic heterocycles. The summed E-state index contributed by atoms with van der Waals surface area (Å²) in [6.07, 6.45) is -1.10. The highest BCUT2D eigenvalue weighted by Gasteiger charge is 2.26. The van der Waals surface area contributed by atoms with E-state index in [1.807, 2.05) is 13.0 Å². The molecule has 35 heavy (non-hydrogen) atoms. The second-order valence-electron chi connectivity index (χ2n) is 8.20. The molecule has 0 aliphatic carbocycles. The standard InChI is InChI=1S/C29H24O5S/c1-21-12-18-26(19-13-21)35(32,33)20-22-14-16-25(17-15-22)29(31)34-28(24-10-6-3-7-11-24)27(30)23-8-4-2-5-9-23/h2-19,28H,20H2,1H3/t28-/m1/s1. The number of aryl methyl sites for hydroxylation is 1. The van der Waals surface area contributed by atoms with E-state index in [0.29, 0.717) is 16.7 Å². The molecule has 4 rings (SSSR count). The fraction of sp³-hybridized carbons (Fsp3) is 0.103. The van der Waals surface area contributed by atoms with E-state index in [9.17, 15) is 18.0 Å². The van der Waals surface area contributed by atoms with Crippen molar-refractivity contribution in [2.45, 2.75) is 23.7 Å². The lowest BCUT2D eigenvalue weighted by atomic mass is 9.99. The summed E-state index contributed by atoms with van der Waals surface area (Å²) in [6, 6.07) is 30.4. The number of benzene rings is 4. The van der Waals surface area contributed by atoms with E-state index in [2.05, 4.69) is 0 Å². The second-order valence-corrected chi connectivity index (χ2v) is 10.2. The van der Waals surface area contributed by atoms with Gasteiger partial charge in [-0.2, -0.15) is 0 Å². The van der Waals surface area contributed by atoms with E-state index in [4.69, 9.17) is 4.74 Å². The average Bonchev–Trinajstić information content (AvgIpc) is 2.88. The summed E-state index contributed by atoms with van der Waals surface area (Å²) in [7, 11) is -3.52. The molecule has 1 atom stereocenters. The Bertz CT molecular complexity index is 1410. The predicted molar refractivity (Wildman–Crippen MR) is 134 cm³/mol. The number of esters is 1. The van der Waals surface area contributed by atoms with Crippen LogP contribution in [0.3, 0.4) is 0 Å². The van der Waals surface area contributed by atoms with Gasteiger partial charge in [-0.1, -0.05) is 90.5 Å². The van der Waals surface area contributed by atoms with Crippen LogP contribution in [0.25, 0.3) is 0 Å². The fourth-order valence-corrected chi connectivity index (χ4v) is 4.96. The van der Waals surface area contributed by atoms with E-state index in [1.54, 1.807) is 91.0 Å². The van der Waals surface area contributed by atoms with E-state index < -0.39 is 21.9 Å². The highest BCUT2D eigenvalue weighted by Crippen LogP contribution is 2.25. The molecule has 0 bridgehead atoms. The maximum Gasteiger partial charge on any atom is 0.339 e. The minimum Gasteiger partial charge on any atom is -0.445 e. The molecule has 0 aliphatic heterocycles. The summed E-state index contributed by atoms with van der Waals surface area (Å²) >= 11 is 0. The third-order valence-electron chi connectivity index (χ3n) is 5.55. The van der Waals surface area contributed by atoms with Crippen LogP contribution in [-0.2, 0) is 20.3 Å². The first kappa shape index (κ1) is 24.1. The van der Waals surface area contributed by atoms with E-state index >= 15 is 0 Å². The van der Waals surface area contributed by atoms with Crippen LogP contribution in [0, 0.1) is 6.92 Å². The molecule has 5 nitrogen and oxygen atoms in total. The summed E-state index contributed by atoms with van der Waals surface area (Å²) in [4.78, 5) is 26.3. The first-order valence-electron chi connectivity index (χ1n) is 11.1. The van der Waals surface area contributed by atoms with Crippen LogP contribution in [0.4, 0.5) is 0 Å². The van der Waals surface area contributed by atoms with Gasteiger partial charge in [0.2, 0.25) is 5.78 Å².